The number of anilines is 2. The fraction of sp³-hybridized carbons (Fsp3) is 0.286. The maximum Gasteiger partial charge on any atom is 0.231 e. The summed E-state index contributed by atoms with van der Waals surface area (Å²) < 4.78 is 16.7. The lowest BCUT2D eigenvalue weighted by atomic mass is 10.1. The highest BCUT2D eigenvalue weighted by molar-refractivity contribution is 7.22. The van der Waals surface area contributed by atoms with Gasteiger partial charge in [0.25, 0.3) is 0 Å². The Kier molecular flexibility index (Phi) is 5.45. The predicted octanol–water partition coefficient (Wildman–Crippen LogP) is 3.31. The van der Waals surface area contributed by atoms with Crippen molar-refractivity contribution >= 4 is 44.2 Å². The molecule has 1 fully saturated rings. The summed E-state index contributed by atoms with van der Waals surface area (Å²) in [6.07, 6.45) is 0.125. The number of nitrogens with zero attached hydrogens (tertiary/aromatic N) is 2. The fourth-order valence-corrected chi connectivity index (χ4v) is 4.31. The third-order valence-corrected chi connectivity index (χ3v) is 5.93. The van der Waals surface area contributed by atoms with Crippen LogP contribution in [-0.4, -0.2) is 44.7 Å². The number of hydrogen-bond donors (Lipinski definition) is 1. The average Bonchev–Trinajstić information content (AvgIpc) is 3.35. The van der Waals surface area contributed by atoms with Gasteiger partial charge in [-0.2, -0.15) is 0 Å². The summed E-state index contributed by atoms with van der Waals surface area (Å²) in [5.41, 5.74) is 1.40. The summed E-state index contributed by atoms with van der Waals surface area (Å²) in [6.45, 7) is 0.270. The molecular weight excluding hydrogens is 406 g/mol. The normalized spacial score (nSPS) is 16.0. The van der Waals surface area contributed by atoms with E-state index in [1.165, 1.54) is 18.4 Å². The summed E-state index contributed by atoms with van der Waals surface area (Å²) in [6, 6.07) is 10.8. The monoisotopic (exact) mass is 427 g/mol. The maximum absolute atomic E-state index is 12.8. The summed E-state index contributed by atoms with van der Waals surface area (Å²) in [5.74, 6) is 1.03. The summed E-state index contributed by atoms with van der Waals surface area (Å²) in [4.78, 5) is 31.4. The van der Waals surface area contributed by atoms with Crippen molar-refractivity contribution < 1.29 is 23.8 Å². The first-order valence-corrected chi connectivity index (χ1v) is 10.1. The Bertz CT molecular complexity index is 1110. The number of carbonyl (C=O) groups excluding carboxylic acids is 2. The van der Waals surface area contributed by atoms with Crippen LogP contribution in [0.4, 0.5) is 10.8 Å². The molecule has 2 amide bonds. The molecule has 4 rings (SSSR count). The third-order valence-electron chi connectivity index (χ3n) is 5.00. The van der Waals surface area contributed by atoms with Crippen LogP contribution in [0.5, 0.6) is 17.2 Å². The van der Waals surface area contributed by atoms with E-state index >= 15 is 0 Å². The molecule has 1 saturated heterocycles. The van der Waals surface area contributed by atoms with Gasteiger partial charge in [0.15, 0.2) is 5.13 Å². The van der Waals surface area contributed by atoms with Gasteiger partial charge in [-0.3, -0.25) is 9.59 Å². The first-order chi connectivity index (χ1) is 14.5. The number of rotatable bonds is 6. The van der Waals surface area contributed by atoms with Crippen LogP contribution in [0.25, 0.3) is 10.2 Å². The zero-order valence-electron chi connectivity index (χ0n) is 16.8. The predicted molar refractivity (Wildman–Crippen MR) is 115 cm³/mol. The average molecular weight is 427 g/mol. The van der Waals surface area contributed by atoms with Crippen LogP contribution in [0.1, 0.15) is 6.42 Å². The smallest absolute Gasteiger partial charge is 0.231 e. The van der Waals surface area contributed by atoms with Crippen LogP contribution in [0, 0.1) is 5.92 Å². The molecule has 0 spiro atoms. The van der Waals surface area contributed by atoms with Gasteiger partial charge in [-0.25, -0.2) is 4.98 Å². The van der Waals surface area contributed by atoms with Gasteiger partial charge in [-0.15, -0.1) is 0 Å². The van der Waals surface area contributed by atoms with Crippen LogP contribution in [0.15, 0.2) is 36.4 Å². The standard InChI is InChI=1S/C21H21N3O5S/c1-27-13-5-7-16(17(9-13)29-3)24-11-12(8-19(24)25)20(26)23-21-22-15-6-4-14(28-2)10-18(15)30-21/h4-7,9-10,12H,8,11H2,1-3H3,(H,22,23,26). The van der Waals surface area contributed by atoms with E-state index in [2.05, 4.69) is 10.3 Å². The molecule has 0 bridgehead atoms. The number of fused-ring (bicyclic) bond motifs is 1. The molecule has 1 aromatic heterocycles. The Morgan fingerprint density at radius 2 is 1.83 bits per heavy atom. The molecule has 0 aliphatic carbocycles. The zero-order valence-corrected chi connectivity index (χ0v) is 17.6. The van der Waals surface area contributed by atoms with E-state index < -0.39 is 5.92 Å². The number of benzene rings is 2. The minimum Gasteiger partial charge on any atom is -0.497 e. The molecular formula is C21H21N3O5S. The molecule has 9 heteroatoms. The number of nitrogens with one attached hydrogen (secondary N) is 1. The highest BCUT2D eigenvalue weighted by atomic mass is 32.1. The number of ether oxygens (including phenoxy) is 3. The van der Waals surface area contributed by atoms with Crippen LogP contribution in [-0.2, 0) is 9.59 Å². The third kappa shape index (κ3) is 3.76. The molecule has 3 aromatic rings. The van der Waals surface area contributed by atoms with Gasteiger partial charge < -0.3 is 24.4 Å². The Morgan fingerprint density at radius 3 is 2.57 bits per heavy atom. The van der Waals surface area contributed by atoms with Gasteiger partial charge in [0.1, 0.15) is 17.2 Å². The number of methoxy groups -OCH3 is 3. The van der Waals surface area contributed by atoms with Crippen molar-refractivity contribution in [3.63, 3.8) is 0 Å². The Hall–Kier alpha value is -3.33. The SMILES string of the molecule is COc1ccc(N2CC(C(=O)Nc3nc4ccc(OC)cc4s3)CC2=O)c(OC)c1. The van der Waals surface area contributed by atoms with E-state index in [1.807, 2.05) is 18.2 Å². The lowest BCUT2D eigenvalue weighted by Gasteiger charge is -2.20. The Morgan fingerprint density at radius 1 is 1.10 bits per heavy atom. The number of amides is 2. The first kappa shape index (κ1) is 20.0. The molecule has 1 atom stereocenters. The van der Waals surface area contributed by atoms with Gasteiger partial charge >= 0.3 is 0 Å². The van der Waals surface area contributed by atoms with E-state index in [1.54, 1.807) is 37.3 Å². The van der Waals surface area contributed by atoms with Crippen molar-refractivity contribution in [2.24, 2.45) is 5.92 Å². The topological polar surface area (TPSA) is 90.0 Å². The summed E-state index contributed by atoms with van der Waals surface area (Å²) in [5, 5.41) is 3.34. The summed E-state index contributed by atoms with van der Waals surface area (Å²) >= 11 is 1.37. The molecule has 1 aliphatic heterocycles. The lowest BCUT2D eigenvalue weighted by molar-refractivity contribution is -0.122. The van der Waals surface area contributed by atoms with Crippen molar-refractivity contribution in [3.05, 3.63) is 36.4 Å². The van der Waals surface area contributed by atoms with E-state index in [4.69, 9.17) is 14.2 Å². The second kappa shape index (κ2) is 8.19. The van der Waals surface area contributed by atoms with E-state index in [-0.39, 0.29) is 24.8 Å². The maximum atomic E-state index is 12.8. The highest BCUT2D eigenvalue weighted by Crippen LogP contribution is 2.36. The van der Waals surface area contributed by atoms with Crippen LogP contribution < -0.4 is 24.4 Å². The van der Waals surface area contributed by atoms with Crippen LogP contribution in [0.2, 0.25) is 0 Å². The molecule has 0 radical (unpaired) electrons. The van der Waals surface area contributed by atoms with Crippen LogP contribution >= 0.6 is 11.3 Å². The first-order valence-electron chi connectivity index (χ1n) is 9.30. The number of carbonyl (C=O) groups is 2. The van der Waals surface area contributed by atoms with Crippen molar-refractivity contribution in [2.75, 3.05) is 38.1 Å². The zero-order chi connectivity index (χ0) is 21.3. The van der Waals surface area contributed by atoms with Crippen LogP contribution in [0.3, 0.4) is 0 Å². The second-order valence-electron chi connectivity index (χ2n) is 6.79. The minimum absolute atomic E-state index is 0.125. The minimum atomic E-state index is -0.481. The molecule has 30 heavy (non-hydrogen) atoms. The van der Waals surface area contributed by atoms with E-state index in [9.17, 15) is 9.59 Å². The molecule has 8 nitrogen and oxygen atoms in total. The number of hydrogen-bond acceptors (Lipinski definition) is 7. The molecule has 1 N–H and O–H groups in total. The van der Waals surface area contributed by atoms with E-state index in [0.717, 1.165) is 16.0 Å². The van der Waals surface area contributed by atoms with E-state index in [0.29, 0.717) is 22.3 Å². The van der Waals surface area contributed by atoms with Gasteiger partial charge in [0, 0.05) is 19.0 Å². The van der Waals surface area contributed by atoms with Crippen molar-refractivity contribution in [3.8, 4) is 17.2 Å². The molecule has 2 aromatic carbocycles. The highest BCUT2D eigenvalue weighted by Gasteiger charge is 2.36. The molecule has 1 unspecified atom stereocenters. The van der Waals surface area contributed by atoms with Crippen molar-refractivity contribution in [1.82, 2.24) is 4.98 Å². The molecule has 1 aliphatic rings. The molecule has 156 valence electrons. The largest absolute Gasteiger partial charge is 0.497 e. The molecule has 0 saturated carbocycles. The van der Waals surface area contributed by atoms with Crippen molar-refractivity contribution in [2.45, 2.75) is 6.42 Å². The molecule has 2 heterocycles. The van der Waals surface area contributed by atoms with Gasteiger partial charge in [-0.05, 0) is 30.3 Å². The lowest BCUT2D eigenvalue weighted by Crippen LogP contribution is -2.28. The van der Waals surface area contributed by atoms with Gasteiger partial charge in [-0.1, -0.05) is 11.3 Å². The van der Waals surface area contributed by atoms with Gasteiger partial charge in [0.05, 0.1) is 43.2 Å². The summed E-state index contributed by atoms with van der Waals surface area (Å²) in [7, 11) is 4.70. The van der Waals surface area contributed by atoms with Gasteiger partial charge in [0.2, 0.25) is 11.8 Å². The fourth-order valence-electron chi connectivity index (χ4n) is 3.42. The number of thiazole rings is 1. The number of aromatic nitrogens is 1. The van der Waals surface area contributed by atoms with Crippen molar-refractivity contribution in [1.29, 1.82) is 0 Å². The quantitative estimate of drug-likeness (QED) is 0.649. The Labute approximate surface area is 177 Å². The second-order valence-corrected chi connectivity index (χ2v) is 7.82. The Balaban J connectivity index is 1.49.